The van der Waals surface area contributed by atoms with Gasteiger partial charge in [0.05, 0.1) is 22.5 Å². The number of oxazole rings is 1. The third-order valence-electron chi connectivity index (χ3n) is 4.83. The van der Waals surface area contributed by atoms with E-state index < -0.39 is 38.7 Å². The number of nitrogens with zero attached hydrogens (tertiary/aromatic N) is 2. The molecule has 3 N–H and O–H groups in total. The molecule has 0 aliphatic heterocycles. The highest BCUT2D eigenvalue weighted by Gasteiger charge is 2.43. The molecule has 0 fully saturated rings. The first-order valence-corrected chi connectivity index (χ1v) is 11.5. The maximum absolute atomic E-state index is 13.9. The third kappa shape index (κ3) is 4.67. The van der Waals surface area contributed by atoms with Gasteiger partial charge in [-0.3, -0.25) is 0 Å². The van der Waals surface area contributed by atoms with E-state index in [1.165, 1.54) is 23.2 Å². The van der Waals surface area contributed by atoms with Crippen LogP contribution in [-0.2, 0) is 16.6 Å². The van der Waals surface area contributed by atoms with Crippen molar-refractivity contribution in [2.45, 2.75) is 23.7 Å². The Balaban J connectivity index is 1.75. The molecule has 0 amide bonds. The lowest BCUT2D eigenvalue weighted by Crippen LogP contribution is -2.48. The number of nitrogens with two attached hydrogens (primary N) is 1. The van der Waals surface area contributed by atoms with Crippen LogP contribution in [0.5, 0.6) is 0 Å². The van der Waals surface area contributed by atoms with Gasteiger partial charge in [-0.2, -0.15) is 17.9 Å². The summed E-state index contributed by atoms with van der Waals surface area (Å²) in [5.41, 5.74) is 6.21. The highest BCUT2D eigenvalue weighted by atomic mass is 35.5. The molecule has 7 nitrogen and oxygen atoms in total. The molecule has 174 valence electrons. The third-order valence-corrected chi connectivity index (χ3v) is 7.05. The van der Waals surface area contributed by atoms with Gasteiger partial charge in [0, 0.05) is 28.7 Å². The zero-order chi connectivity index (χ0) is 24.0. The van der Waals surface area contributed by atoms with Crippen LogP contribution >= 0.6 is 23.2 Å². The Labute approximate surface area is 196 Å². The maximum Gasteiger partial charge on any atom is 0.406 e. The van der Waals surface area contributed by atoms with Crippen LogP contribution in [0.25, 0.3) is 22.4 Å². The van der Waals surface area contributed by atoms with Gasteiger partial charge in [0.25, 0.3) is 0 Å². The van der Waals surface area contributed by atoms with Crippen molar-refractivity contribution in [3.8, 4) is 11.5 Å². The zero-order valence-electron chi connectivity index (χ0n) is 16.5. The molecule has 33 heavy (non-hydrogen) atoms. The monoisotopic (exact) mass is 518 g/mol. The summed E-state index contributed by atoms with van der Waals surface area (Å²) in [7, 11) is -4.76. The molecule has 0 saturated carbocycles. The van der Waals surface area contributed by atoms with E-state index in [0.717, 1.165) is 12.1 Å². The van der Waals surface area contributed by atoms with Crippen molar-refractivity contribution in [2.75, 3.05) is 5.73 Å². The fraction of sp³-hybridized carbons (Fsp3) is 0.150. The first-order chi connectivity index (χ1) is 15.5. The van der Waals surface area contributed by atoms with Crippen LogP contribution < -0.4 is 10.5 Å². The number of hydrogen-bond donors (Lipinski definition) is 2. The van der Waals surface area contributed by atoms with Crippen LogP contribution in [0.1, 0.15) is 0 Å². The summed E-state index contributed by atoms with van der Waals surface area (Å²) in [6.45, 7) is -0.769. The molecule has 2 heterocycles. The molecule has 4 rings (SSSR count). The predicted molar refractivity (Wildman–Crippen MR) is 118 cm³/mol. The van der Waals surface area contributed by atoms with E-state index in [-0.39, 0.29) is 16.6 Å². The van der Waals surface area contributed by atoms with E-state index >= 15 is 0 Å². The highest BCUT2D eigenvalue weighted by molar-refractivity contribution is 7.89. The van der Waals surface area contributed by atoms with Gasteiger partial charge >= 0.3 is 6.18 Å². The van der Waals surface area contributed by atoms with Gasteiger partial charge in [-0.05, 0) is 18.2 Å². The number of nitrogens with one attached hydrogen (secondary N) is 1. The molecule has 0 aliphatic carbocycles. The number of aromatic nitrogens is 2. The summed E-state index contributed by atoms with van der Waals surface area (Å²) in [5.74, 6) is 0.217. The summed E-state index contributed by atoms with van der Waals surface area (Å²) in [5, 5.41) is 0.237. The lowest BCUT2D eigenvalue weighted by molar-refractivity contribution is -0.154. The highest BCUT2D eigenvalue weighted by Crippen LogP contribution is 2.34. The second kappa shape index (κ2) is 8.56. The van der Waals surface area contributed by atoms with E-state index in [2.05, 4.69) is 4.98 Å². The van der Waals surface area contributed by atoms with Crippen LogP contribution in [0.4, 0.5) is 18.9 Å². The smallest absolute Gasteiger partial charge is 0.406 e. The fourth-order valence-electron chi connectivity index (χ4n) is 3.44. The minimum atomic E-state index is -4.94. The standard InChI is InChI=1S/C20H15Cl2F3N4O3S/c21-11-7-14(22)18(15(26)8-11)33(30,31)28-17(20(23,24)25)10-29-9-13(19-27-5-6-32-19)12-3-1-2-4-16(12)29/h1-9,17,28H,10,26H2. The predicted octanol–water partition coefficient (Wildman–Crippen LogP) is 5.09. The number of alkyl halides is 3. The molecule has 2 aromatic carbocycles. The summed E-state index contributed by atoms with van der Waals surface area (Å²) in [6, 6.07) is 6.35. The van der Waals surface area contributed by atoms with E-state index in [1.54, 1.807) is 29.0 Å². The second-order valence-electron chi connectivity index (χ2n) is 7.07. The van der Waals surface area contributed by atoms with Gasteiger partial charge in [0.15, 0.2) is 0 Å². The zero-order valence-corrected chi connectivity index (χ0v) is 18.8. The number of para-hydroxylation sites is 1. The van der Waals surface area contributed by atoms with Crippen LogP contribution in [0.15, 0.2) is 64.4 Å². The lowest BCUT2D eigenvalue weighted by Gasteiger charge is -2.23. The summed E-state index contributed by atoms with van der Waals surface area (Å²) in [6.07, 6.45) is -0.759. The van der Waals surface area contributed by atoms with Crippen molar-refractivity contribution in [3.63, 3.8) is 0 Å². The number of sulfonamides is 1. The summed E-state index contributed by atoms with van der Waals surface area (Å²) >= 11 is 11.7. The van der Waals surface area contributed by atoms with Crippen molar-refractivity contribution in [1.82, 2.24) is 14.3 Å². The Morgan fingerprint density at radius 3 is 2.58 bits per heavy atom. The fourth-order valence-corrected chi connectivity index (χ4v) is 5.64. The second-order valence-corrected chi connectivity index (χ2v) is 9.57. The number of rotatable bonds is 6. The first-order valence-electron chi connectivity index (χ1n) is 9.28. The Morgan fingerprint density at radius 2 is 1.94 bits per heavy atom. The van der Waals surface area contributed by atoms with Crippen molar-refractivity contribution < 1.29 is 26.0 Å². The minimum absolute atomic E-state index is 0.0432. The number of halogens is 5. The molecule has 13 heteroatoms. The molecular formula is C20H15Cl2F3N4O3S. The average molecular weight is 519 g/mol. The van der Waals surface area contributed by atoms with Crippen molar-refractivity contribution in [2.24, 2.45) is 0 Å². The molecule has 0 bridgehead atoms. The molecule has 4 aromatic rings. The van der Waals surface area contributed by atoms with Gasteiger partial charge in [-0.15, -0.1) is 0 Å². The van der Waals surface area contributed by atoms with Gasteiger partial charge in [-0.25, -0.2) is 13.4 Å². The molecule has 0 aliphatic rings. The van der Waals surface area contributed by atoms with Gasteiger partial charge in [0.1, 0.15) is 17.2 Å². The molecule has 0 saturated heterocycles. The number of benzene rings is 2. The Hall–Kier alpha value is -2.73. The normalized spacial score (nSPS) is 13.5. The summed E-state index contributed by atoms with van der Waals surface area (Å²) in [4.78, 5) is 3.37. The van der Waals surface area contributed by atoms with Crippen molar-refractivity contribution in [1.29, 1.82) is 0 Å². The average Bonchev–Trinajstić information content (AvgIpc) is 3.34. The molecular weight excluding hydrogens is 504 g/mol. The van der Waals surface area contributed by atoms with E-state index in [0.29, 0.717) is 16.5 Å². The minimum Gasteiger partial charge on any atom is -0.444 e. The van der Waals surface area contributed by atoms with Crippen LogP contribution in [0.3, 0.4) is 0 Å². The number of anilines is 1. The number of fused-ring (bicyclic) bond motifs is 1. The number of nitrogen functional groups attached to an aromatic ring is 1. The van der Waals surface area contributed by atoms with Gasteiger partial charge in [0.2, 0.25) is 15.9 Å². The van der Waals surface area contributed by atoms with E-state index in [9.17, 15) is 21.6 Å². The lowest BCUT2D eigenvalue weighted by atomic mass is 10.2. The topological polar surface area (TPSA) is 103 Å². The van der Waals surface area contributed by atoms with Crippen molar-refractivity contribution in [3.05, 3.63) is 65.1 Å². The van der Waals surface area contributed by atoms with Crippen LogP contribution in [-0.4, -0.2) is 30.2 Å². The summed E-state index contributed by atoms with van der Waals surface area (Å²) < 4.78 is 75.8. The quantitative estimate of drug-likeness (QED) is 0.346. The van der Waals surface area contributed by atoms with Crippen LogP contribution in [0, 0.1) is 0 Å². The SMILES string of the molecule is Nc1cc(Cl)cc(Cl)c1S(=O)(=O)NC(Cn1cc(-c2ncco2)c2ccccc21)C(F)(F)F. The van der Waals surface area contributed by atoms with E-state index in [1.807, 2.05) is 0 Å². The molecule has 0 spiro atoms. The molecule has 2 aromatic heterocycles. The van der Waals surface area contributed by atoms with Crippen molar-refractivity contribution >= 4 is 49.8 Å². The van der Waals surface area contributed by atoms with Gasteiger partial charge < -0.3 is 14.7 Å². The van der Waals surface area contributed by atoms with Crippen LogP contribution in [0.2, 0.25) is 10.0 Å². The largest absolute Gasteiger partial charge is 0.444 e. The Bertz CT molecular complexity index is 1400. The van der Waals surface area contributed by atoms with E-state index in [4.69, 9.17) is 33.4 Å². The van der Waals surface area contributed by atoms with Gasteiger partial charge in [-0.1, -0.05) is 41.4 Å². The first kappa shape index (κ1) is 23.4. The molecule has 1 unspecified atom stereocenters. The molecule has 0 radical (unpaired) electrons. The number of hydrogen-bond acceptors (Lipinski definition) is 5. The Kier molecular flexibility index (Phi) is 6.08. The Morgan fingerprint density at radius 1 is 1.21 bits per heavy atom. The molecule has 1 atom stereocenters. The maximum atomic E-state index is 13.9.